The van der Waals surface area contributed by atoms with Gasteiger partial charge in [-0.2, -0.15) is 0 Å². The van der Waals surface area contributed by atoms with E-state index in [0.717, 1.165) is 30.5 Å². The number of benzene rings is 9. The molecule has 9 aromatic rings. The molecule has 0 spiro atoms. The normalized spacial score (nSPS) is 17.0. The van der Waals surface area contributed by atoms with Crippen LogP contribution < -0.4 is 4.90 Å². The van der Waals surface area contributed by atoms with Gasteiger partial charge in [-0.05, 0) is 65.9 Å². The van der Waals surface area contributed by atoms with Crippen molar-refractivity contribution in [3.05, 3.63) is 261 Å². The zero-order chi connectivity index (χ0) is 69.6. The van der Waals surface area contributed by atoms with Gasteiger partial charge in [0.25, 0.3) is 0 Å². The number of fused-ring (bicyclic) bond motifs is 12. The maximum Gasteiger partial charge on any atom is 0.198 e. The van der Waals surface area contributed by atoms with Crippen molar-refractivity contribution in [3.63, 3.8) is 0 Å². The van der Waals surface area contributed by atoms with Gasteiger partial charge in [0.05, 0.1) is 19.2 Å². The Hall–Kier alpha value is -9.10. The van der Waals surface area contributed by atoms with Crippen molar-refractivity contribution in [3.8, 4) is 44.5 Å². The second kappa shape index (κ2) is 22.5. The molecule has 0 saturated carbocycles. The van der Waals surface area contributed by atoms with Crippen LogP contribution in [0.5, 0.6) is 0 Å². The molecular weight excluding hydrogens is 1350 g/mol. The fourth-order valence-corrected chi connectivity index (χ4v) is 14.9. The summed E-state index contributed by atoms with van der Waals surface area (Å²) in [5.41, 5.74) is -37.4. The van der Waals surface area contributed by atoms with Crippen LogP contribution in [0.25, 0.3) is 44.5 Å². The second-order valence-corrected chi connectivity index (χ2v) is 22.4. The first kappa shape index (κ1) is 65.9. The summed E-state index contributed by atoms with van der Waals surface area (Å²) in [6, 6.07) is 1.30. The highest BCUT2D eigenvalue weighted by Gasteiger charge is 2.66. The van der Waals surface area contributed by atoms with Crippen molar-refractivity contribution in [2.75, 3.05) is 13.1 Å². The van der Waals surface area contributed by atoms with Gasteiger partial charge in [0, 0.05) is 56.6 Å². The molecule has 13 rings (SSSR count). The molecule has 95 heavy (non-hydrogen) atoms. The van der Waals surface area contributed by atoms with Crippen molar-refractivity contribution in [2.45, 2.75) is 43.5 Å². The van der Waals surface area contributed by atoms with Gasteiger partial charge in [0.1, 0.15) is 5.82 Å². The summed E-state index contributed by atoms with van der Waals surface area (Å²) in [6.45, 7) is 5.74. The Balaban J connectivity index is 0.000000550. The molecule has 0 aliphatic heterocycles. The molecular formula is C63H24BF30N. The zero-order valence-corrected chi connectivity index (χ0v) is 46.4. The maximum absolute atomic E-state index is 17.7. The molecule has 0 saturated heterocycles. The van der Waals surface area contributed by atoms with Crippen LogP contribution in [0.3, 0.4) is 0 Å². The Labute approximate surface area is 510 Å². The lowest BCUT2D eigenvalue weighted by molar-refractivity contribution is -0.831. The molecule has 5 unspecified atom stereocenters. The molecule has 0 amide bonds. The van der Waals surface area contributed by atoms with Crippen LogP contribution in [0, 0.1) is 175 Å². The first-order valence-electron chi connectivity index (χ1n) is 27.2. The SMILES string of the molecule is CCC[NH+](CC)c1ccc(F)cc1F.Fc1cc2c(c(F)c1F)-c1c(F)c(F)c(F)c(F)c1C2[B-](C1c2cc(F)c(F)c(F)c2-c2c(F)c(F)c(F)c(F)c21)(C1c2cc(F)c(F)c(F)c2-c2c(F)c(F)c(F)c(F)c21)C1c2cc(F)c(F)c(F)c2-c2c(F)c(F)c(F)c(F)c21. The minimum atomic E-state index is -6.62. The summed E-state index contributed by atoms with van der Waals surface area (Å²) in [4.78, 5) is 1.06. The summed E-state index contributed by atoms with van der Waals surface area (Å²) in [6.07, 6.45) is -5.64. The van der Waals surface area contributed by atoms with Crippen molar-refractivity contribution < 1.29 is 137 Å². The summed E-state index contributed by atoms with van der Waals surface area (Å²) in [5.74, 6) is -104. The van der Waals surface area contributed by atoms with Gasteiger partial charge in [0.2, 0.25) is 0 Å². The molecule has 1 N–H and O–H groups in total. The average Bonchev–Trinajstić information content (AvgIpc) is 1.53. The van der Waals surface area contributed by atoms with E-state index in [1.165, 1.54) is 12.1 Å². The molecule has 5 atom stereocenters. The van der Waals surface area contributed by atoms with E-state index in [2.05, 4.69) is 6.92 Å². The van der Waals surface area contributed by atoms with Crippen molar-refractivity contribution in [1.82, 2.24) is 0 Å². The Bertz CT molecular complexity index is 4420. The minimum Gasteiger partial charge on any atom is -0.300 e. The fourth-order valence-electron chi connectivity index (χ4n) is 14.9. The first-order chi connectivity index (χ1) is 44.6. The Morgan fingerprint density at radius 2 is 0.495 bits per heavy atom. The van der Waals surface area contributed by atoms with Crippen LogP contribution in [0.2, 0.25) is 0 Å². The Morgan fingerprint density at radius 3 is 0.716 bits per heavy atom. The van der Waals surface area contributed by atoms with Gasteiger partial charge < -0.3 is 4.90 Å². The highest BCUT2D eigenvalue weighted by atomic mass is 19.2. The molecule has 0 aromatic heterocycles. The second-order valence-electron chi connectivity index (χ2n) is 22.4. The molecule has 1 nitrogen and oxygen atoms in total. The maximum atomic E-state index is 17.7. The van der Waals surface area contributed by atoms with Crippen LogP contribution in [-0.4, -0.2) is 19.2 Å². The summed E-state index contributed by atoms with van der Waals surface area (Å²) in [5, 5.41) is 0. The largest absolute Gasteiger partial charge is 0.300 e. The molecule has 4 aliphatic rings. The van der Waals surface area contributed by atoms with Gasteiger partial charge in [-0.3, -0.25) is 0 Å². The third kappa shape index (κ3) is 8.57. The lowest BCUT2D eigenvalue weighted by Crippen LogP contribution is -3.07. The summed E-state index contributed by atoms with van der Waals surface area (Å²) in [7, 11) is 0. The summed E-state index contributed by atoms with van der Waals surface area (Å²) < 4.78 is 488. The van der Waals surface area contributed by atoms with Crippen LogP contribution in [-0.2, 0) is 0 Å². The Kier molecular flexibility index (Phi) is 15.6. The van der Waals surface area contributed by atoms with Gasteiger partial charge in [-0.1, -0.05) is 29.2 Å². The van der Waals surface area contributed by atoms with Crippen molar-refractivity contribution in [1.29, 1.82) is 0 Å². The third-order valence-electron chi connectivity index (χ3n) is 18.2. The van der Waals surface area contributed by atoms with Gasteiger partial charge in [-0.15, -0.1) is 23.3 Å². The molecule has 494 valence electrons. The summed E-state index contributed by atoms with van der Waals surface area (Å²) >= 11 is 0. The van der Waals surface area contributed by atoms with Crippen LogP contribution >= 0.6 is 0 Å². The van der Waals surface area contributed by atoms with E-state index in [4.69, 9.17) is 0 Å². The number of halogens is 30. The fraction of sp³-hybridized carbons (Fsp3) is 0.143. The van der Waals surface area contributed by atoms with E-state index in [1.54, 1.807) is 0 Å². The van der Waals surface area contributed by atoms with E-state index in [9.17, 15) is 8.78 Å². The predicted octanol–water partition coefficient (Wildman–Crippen LogP) is 18.6. The van der Waals surface area contributed by atoms with E-state index in [0.29, 0.717) is 5.69 Å². The number of quaternary nitrogens is 1. The monoisotopic (exact) mass is 1380 g/mol. The first-order valence-corrected chi connectivity index (χ1v) is 27.2. The predicted molar refractivity (Wildman–Crippen MR) is 272 cm³/mol. The molecule has 32 heteroatoms. The van der Waals surface area contributed by atoms with Crippen LogP contribution in [0.1, 0.15) is 88.0 Å². The van der Waals surface area contributed by atoms with Gasteiger partial charge >= 0.3 is 0 Å². The van der Waals surface area contributed by atoms with Gasteiger partial charge in [0.15, 0.2) is 174 Å². The highest BCUT2D eigenvalue weighted by Crippen LogP contribution is 2.73. The van der Waals surface area contributed by atoms with Crippen molar-refractivity contribution in [2.24, 2.45) is 0 Å². The standard InChI is InChI=1S/C52H8BF28.C11H15F2N/c54-9-1-5-13(33(62)29(9)58)17-21(41(70)49(78)45(74)37(17)66)25(5)53(26-6-2-10(55)30(59)34(63)14(6)18-22(26)42(71)50(79)46(75)38(18)67,27-7-3-11(56)31(60)35(64)15(7)19-23(27)43(72)51(80)47(76)39(19)68)28-8-4-12(57)32(61)36(65)16(8)20-24(28)44(73)52(81)48(77)40(20)69;1-3-7-14(4-2)11-6-5-9(12)8-10(11)13/h1-4,25-28H;5-6,8H,3-4,7H2,1-2H3/q-1;/p+1. The lowest BCUT2D eigenvalue weighted by atomic mass is 9.01. The third-order valence-corrected chi connectivity index (χ3v) is 18.2. The van der Waals surface area contributed by atoms with E-state index < -0.39 is 317 Å². The zero-order valence-electron chi connectivity index (χ0n) is 46.4. The quantitative estimate of drug-likeness (QED) is 0.0669. The lowest BCUT2D eigenvalue weighted by Gasteiger charge is -2.60. The molecule has 4 aliphatic carbocycles. The number of hydrogen-bond donors (Lipinski definition) is 1. The topological polar surface area (TPSA) is 4.44 Å². The van der Waals surface area contributed by atoms with E-state index in [-0.39, 0.29) is 0 Å². The Morgan fingerprint density at radius 1 is 0.263 bits per heavy atom. The smallest absolute Gasteiger partial charge is 0.198 e. The molecule has 0 bridgehead atoms. The van der Waals surface area contributed by atoms with Crippen molar-refractivity contribution >= 4 is 11.8 Å². The van der Waals surface area contributed by atoms with Gasteiger partial charge in [-0.25, -0.2) is 132 Å². The molecule has 0 heterocycles. The molecule has 0 fully saturated rings. The highest BCUT2D eigenvalue weighted by molar-refractivity contribution is 6.88. The number of nitrogens with one attached hydrogen (secondary N) is 1. The molecule has 0 radical (unpaired) electrons. The number of rotatable bonds is 8. The van der Waals surface area contributed by atoms with Crippen LogP contribution in [0.15, 0.2) is 42.5 Å². The van der Waals surface area contributed by atoms with E-state index in [1.807, 2.05) is 6.92 Å². The van der Waals surface area contributed by atoms with Crippen LogP contribution in [0.4, 0.5) is 137 Å². The number of hydrogen-bond acceptors (Lipinski definition) is 0. The minimum absolute atomic E-state index is 0.449. The van der Waals surface area contributed by atoms with E-state index >= 15 is 123 Å². The average molecular weight is 1380 g/mol. The molecule has 9 aromatic carbocycles.